The summed E-state index contributed by atoms with van der Waals surface area (Å²) in [5, 5.41) is 16.7. The zero-order valence-corrected chi connectivity index (χ0v) is 21.0. The van der Waals surface area contributed by atoms with Gasteiger partial charge in [0.2, 0.25) is 0 Å². The van der Waals surface area contributed by atoms with Gasteiger partial charge in [-0.15, -0.1) is 0 Å². The topological polar surface area (TPSA) is 141 Å². The predicted molar refractivity (Wildman–Crippen MR) is 133 cm³/mol. The summed E-state index contributed by atoms with van der Waals surface area (Å²) in [7, 11) is 0. The van der Waals surface area contributed by atoms with E-state index in [0.717, 1.165) is 31.2 Å². The van der Waals surface area contributed by atoms with Crippen LogP contribution in [0.5, 0.6) is 0 Å². The van der Waals surface area contributed by atoms with Gasteiger partial charge < -0.3 is 20.8 Å². The Morgan fingerprint density at radius 1 is 1.00 bits per heavy atom. The summed E-state index contributed by atoms with van der Waals surface area (Å²) in [5.41, 5.74) is 8.02. The van der Waals surface area contributed by atoms with Crippen LogP contribution in [0.25, 0.3) is 0 Å². The van der Waals surface area contributed by atoms with Crippen LogP contribution >= 0.6 is 11.6 Å². The van der Waals surface area contributed by atoms with Crippen LogP contribution in [0.2, 0.25) is 5.02 Å². The molecule has 13 heteroatoms. The third kappa shape index (κ3) is 8.73. The Morgan fingerprint density at radius 3 is 2.18 bits per heavy atom. The highest BCUT2D eigenvalue weighted by molar-refractivity contribution is 6.30. The van der Waals surface area contributed by atoms with E-state index in [4.69, 9.17) is 32.3 Å². The first kappa shape index (κ1) is 30.6. The maximum Gasteiger partial charge on any atom is 0.490 e. The lowest BCUT2D eigenvalue weighted by Crippen LogP contribution is -2.38. The van der Waals surface area contributed by atoms with Crippen LogP contribution in [0.1, 0.15) is 41.6 Å². The van der Waals surface area contributed by atoms with Crippen molar-refractivity contribution in [2.75, 3.05) is 24.5 Å². The number of carbonyl (C=O) groups excluding carboxylic acids is 2. The second-order valence-electron chi connectivity index (χ2n) is 8.33. The molecule has 2 amide bonds. The molecule has 0 aliphatic carbocycles. The number of alkyl halides is 3. The summed E-state index contributed by atoms with van der Waals surface area (Å²) in [4.78, 5) is 49.2. The van der Waals surface area contributed by atoms with Crippen LogP contribution in [-0.2, 0) is 20.8 Å². The van der Waals surface area contributed by atoms with Gasteiger partial charge in [0.15, 0.2) is 0 Å². The number of nitrogens with zero attached hydrogens (tertiary/aromatic N) is 2. The highest BCUT2D eigenvalue weighted by atomic mass is 35.5. The predicted octanol–water partition coefficient (Wildman–Crippen LogP) is 4.24. The van der Waals surface area contributed by atoms with Crippen LogP contribution in [0.4, 0.5) is 24.5 Å². The molecule has 1 aliphatic rings. The minimum Gasteiger partial charge on any atom is -0.481 e. The fourth-order valence-corrected chi connectivity index (χ4v) is 3.78. The van der Waals surface area contributed by atoms with Crippen molar-refractivity contribution >= 4 is 46.7 Å². The summed E-state index contributed by atoms with van der Waals surface area (Å²) in [6.45, 7) is 0.420. The fraction of sp³-hybridized carbons (Fsp3) is 0.360. The van der Waals surface area contributed by atoms with Crippen LogP contribution in [0, 0.1) is 0 Å². The highest BCUT2D eigenvalue weighted by Crippen LogP contribution is 2.34. The first-order chi connectivity index (χ1) is 17.8. The van der Waals surface area contributed by atoms with Crippen molar-refractivity contribution in [3.8, 4) is 0 Å². The lowest BCUT2D eigenvalue weighted by atomic mass is 10.0. The monoisotopic (exact) mass is 557 g/mol. The Labute approximate surface area is 221 Å². The lowest BCUT2D eigenvalue weighted by Gasteiger charge is -2.23. The zero-order chi connectivity index (χ0) is 28.5. The number of benzene rings is 2. The molecule has 0 fully saturated rings. The molecule has 2 aromatic rings. The van der Waals surface area contributed by atoms with E-state index >= 15 is 0 Å². The maximum atomic E-state index is 13.3. The van der Waals surface area contributed by atoms with Gasteiger partial charge in [0.05, 0.1) is 17.7 Å². The Bertz CT molecular complexity index is 1160. The van der Waals surface area contributed by atoms with Crippen molar-refractivity contribution < 1.29 is 42.6 Å². The number of aryl methyl sites for hydroxylation is 1. The van der Waals surface area contributed by atoms with Gasteiger partial charge in [-0.2, -0.15) is 13.2 Å². The molecular formula is C25H27ClF3N3O6. The van der Waals surface area contributed by atoms with Crippen molar-refractivity contribution in [3.63, 3.8) is 0 Å². The van der Waals surface area contributed by atoms with E-state index in [1.807, 2.05) is 12.1 Å². The number of carbonyl (C=O) groups is 4. The van der Waals surface area contributed by atoms with Crippen molar-refractivity contribution in [2.45, 2.75) is 38.3 Å². The highest BCUT2D eigenvalue weighted by Gasteiger charge is 2.38. The molecule has 1 heterocycles. The second kappa shape index (κ2) is 13.8. The number of nitrogens with two attached hydrogens (primary N) is 1. The quantitative estimate of drug-likeness (QED) is 0.392. The van der Waals surface area contributed by atoms with Crippen molar-refractivity contribution in [3.05, 3.63) is 58.6 Å². The number of unbranched alkanes of at least 4 members (excludes halogenated alkanes) is 2. The smallest absolute Gasteiger partial charge is 0.481 e. The average molecular weight is 558 g/mol. The van der Waals surface area contributed by atoms with E-state index < -0.39 is 18.1 Å². The second-order valence-corrected chi connectivity index (χ2v) is 8.77. The number of amides is 2. The van der Waals surface area contributed by atoms with E-state index in [1.54, 1.807) is 30.3 Å². The van der Waals surface area contributed by atoms with Gasteiger partial charge >= 0.3 is 18.1 Å². The maximum absolute atomic E-state index is 13.3. The SMILES string of the molecule is NCCCCCc1ccc2c(c1)C(=O)N(CCC(=O)O)CC(=O)N2c1ccc(Cl)cc1.O=C(O)C(F)(F)F. The Kier molecular flexibility index (Phi) is 11.1. The molecule has 3 rings (SSSR count). The van der Waals surface area contributed by atoms with E-state index in [2.05, 4.69) is 0 Å². The number of carboxylic acids is 2. The number of fused-ring (bicyclic) bond motifs is 1. The van der Waals surface area contributed by atoms with E-state index in [1.165, 1.54) is 9.80 Å². The molecule has 0 unspecified atom stereocenters. The normalized spacial score (nSPS) is 13.4. The summed E-state index contributed by atoms with van der Waals surface area (Å²) < 4.78 is 31.7. The third-order valence-corrected chi connectivity index (χ3v) is 5.74. The van der Waals surface area contributed by atoms with Gasteiger partial charge in [-0.1, -0.05) is 24.1 Å². The number of hydrogen-bond acceptors (Lipinski definition) is 5. The van der Waals surface area contributed by atoms with Gasteiger partial charge in [0, 0.05) is 17.3 Å². The molecule has 1 aliphatic heterocycles. The van der Waals surface area contributed by atoms with E-state index in [-0.39, 0.29) is 31.3 Å². The number of anilines is 2. The fourth-order valence-electron chi connectivity index (χ4n) is 3.65. The molecule has 0 radical (unpaired) electrons. The Morgan fingerprint density at radius 2 is 1.63 bits per heavy atom. The van der Waals surface area contributed by atoms with Gasteiger partial charge in [0.25, 0.3) is 11.8 Å². The summed E-state index contributed by atoms with van der Waals surface area (Å²) in [5.74, 6) is -4.43. The van der Waals surface area contributed by atoms with Gasteiger partial charge in [-0.3, -0.25) is 19.3 Å². The molecule has 38 heavy (non-hydrogen) atoms. The molecule has 0 spiro atoms. The Hall–Kier alpha value is -3.64. The van der Waals surface area contributed by atoms with Crippen LogP contribution < -0.4 is 10.6 Å². The molecular weight excluding hydrogens is 531 g/mol. The summed E-state index contributed by atoms with van der Waals surface area (Å²) in [6.07, 6.45) is -1.61. The zero-order valence-electron chi connectivity index (χ0n) is 20.2. The van der Waals surface area contributed by atoms with Gasteiger partial charge in [-0.25, -0.2) is 4.79 Å². The van der Waals surface area contributed by atoms with Crippen molar-refractivity contribution in [1.82, 2.24) is 4.90 Å². The molecule has 0 bridgehead atoms. The molecule has 4 N–H and O–H groups in total. The molecule has 2 aromatic carbocycles. The molecule has 0 aromatic heterocycles. The van der Waals surface area contributed by atoms with Crippen LogP contribution in [0.15, 0.2) is 42.5 Å². The molecule has 206 valence electrons. The molecule has 9 nitrogen and oxygen atoms in total. The lowest BCUT2D eigenvalue weighted by molar-refractivity contribution is -0.192. The average Bonchev–Trinajstić information content (AvgIpc) is 2.95. The van der Waals surface area contributed by atoms with E-state index in [0.29, 0.717) is 28.5 Å². The van der Waals surface area contributed by atoms with E-state index in [9.17, 15) is 27.6 Å². The number of hydrogen-bond donors (Lipinski definition) is 3. The third-order valence-electron chi connectivity index (χ3n) is 5.49. The van der Waals surface area contributed by atoms with Crippen LogP contribution in [-0.4, -0.2) is 64.7 Å². The largest absolute Gasteiger partial charge is 0.490 e. The van der Waals surface area contributed by atoms with Crippen LogP contribution in [0.3, 0.4) is 0 Å². The number of carboxylic acid groups (broad SMARTS) is 2. The Balaban J connectivity index is 0.000000638. The van der Waals surface area contributed by atoms with Crippen molar-refractivity contribution in [2.24, 2.45) is 5.73 Å². The summed E-state index contributed by atoms with van der Waals surface area (Å²) >= 11 is 6.00. The summed E-state index contributed by atoms with van der Waals surface area (Å²) in [6, 6.07) is 12.4. The first-order valence-electron chi connectivity index (χ1n) is 11.6. The standard InChI is InChI=1S/C23H26ClN3O4.C2HF3O2/c24-17-6-8-18(9-7-17)27-20-10-5-16(4-2-1-3-12-25)14-19(20)23(31)26(15-21(27)28)13-11-22(29)30;3-2(4,5)1(6)7/h5-10,14H,1-4,11-13,15,25H2,(H,29,30);(H,6,7). The minimum absolute atomic E-state index is 0.0332. The molecule has 0 atom stereocenters. The van der Waals surface area contributed by atoms with Gasteiger partial charge in [0.1, 0.15) is 6.54 Å². The molecule has 0 saturated heterocycles. The van der Waals surface area contributed by atoms with Crippen molar-refractivity contribution in [1.29, 1.82) is 0 Å². The van der Waals surface area contributed by atoms with Gasteiger partial charge in [-0.05, 0) is 67.8 Å². The number of rotatable bonds is 9. The molecule has 0 saturated carbocycles. The number of aliphatic carboxylic acids is 2. The first-order valence-corrected chi connectivity index (χ1v) is 12.0. The minimum atomic E-state index is -5.08. The number of halogens is 4.